The Morgan fingerprint density at radius 1 is 0.771 bits per heavy atom. The number of carbonyl (C=O) groups excluding carboxylic acids is 3. The van der Waals surface area contributed by atoms with Crippen molar-refractivity contribution < 1.29 is 28.6 Å². The molecule has 0 radical (unpaired) electrons. The number of esters is 2. The molecule has 0 atom stereocenters. The molecule has 0 fully saturated rings. The number of benzene rings is 2. The minimum atomic E-state index is -0.427. The lowest BCUT2D eigenvalue weighted by molar-refractivity contribution is -0.145. The Bertz CT molecular complexity index is 1550. The van der Waals surface area contributed by atoms with Gasteiger partial charge in [-0.05, 0) is 99.9 Å². The Morgan fingerprint density at radius 3 is 2.04 bits per heavy atom. The second-order valence-electron chi connectivity index (χ2n) is 11.7. The van der Waals surface area contributed by atoms with Crippen LogP contribution in [0.3, 0.4) is 0 Å². The monoisotopic (exact) mass is 675 g/mol. The predicted molar refractivity (Wildman–Crippen MR) is 194 cm³/mol. The molecule has 1 heterocycles. The van der Waals surface area contributed by atoms with Gasteiger partial charge in [-0.15, -0.1) is 0 Å². The Labute approximate surface area is 290 Å². The summed E-state index contributed by atoms with van der Waals surface area (Å²) in [5, 5.41) is 1.28. The van der Waals surface area contributed by atoms with Crippen LogP contribution in [0.25, 0.3) is 10.9 Å². The van der Waals surface area contributed by atoms with E-state index in [2.05, 4.69) is 43.4 Å². The lowest BCUT2D eigenvalue weighted by Gasteiger charge is -2.08. The maximum atomic E-state index is 13.5. The summed E-state index contributed by atoms with van der Waals surface area (Å²) in [4.78, 5) is 38.4. The van der Waals surface area contributed by atoms with E-state index in [1.165, 1.54) is 25.7 Å². The number of fused-ring (bicyclic) bond motifs is 1. The van der Waals surface area contributed by atoms with Gasteiger partial charge in [-0.3, -0.25) is 19.0 Å². The lowest BCUT2D eigenvalue weighted by atomic mass is 10.1. The molecule has 3 rings (SSSR count). The molecule has 8 heteroatoms. The number of unbranched alkanes of at least 4 members (excludes halogenated alkanes) is 5. The van der Waals surface area contributed by atoms with Crippen LogP contribution in [0.15, 0.2) is 78.9 Å². The standard InChI is InChI=1S/C40H50ClNO6/c1-4-5-6-7-8-9-10-11-12-13-14-15-16-17-18-20-38(43)47-27-19-28-48-39(44)30-35-31(2)42(37-26-25-34(46-3)29-36(35)37)40(45)32-21-23-33(41)24-22-32/h8-9,11-12,14-15,21-26,29H,4-7,10,13,16-20,27-28,30H2,1-3H3/b9-8-,12-11-,15-14-. The molecule has 258 valence electrons. The molecule has 0 aliphatic rings. The van der Waals surface area contributed by atoms with Crippen LogP contribution < -0.4 is 4.74 Å². The first kappa shape index (κ1) is 38.3. The van der Waals surface area contributed by atoms with Gasteiger partial charge in [0.2, 0.25) is 0 Å². The Hall–Kier alpha value is -4.10. The molecule has 0 aliphatic heterocycles. The molecule has 0 saturated carbocycles. The SMILES string of the molecule is CCCCC/C=C\C/C=C\C/C=C\CCCCC(=O)OCCCOC(=O)Cc1c(C)n(C(=O)c2ccc(Cl)cc2)c2ccc(OC)cc12. The fourth-order valence-electron chi connectivity index (χ4n) is 5.32. The van der Waals surface area contributed by atoms with E-state index in [9.17, 15) is 14.4 Å². The minimum absolute atomic E-state index is 0.0164. The van der Waals surface area contributed by atoms with Gasteiger partial charge in [-0.25, -0.2) is 0 Å². The van der Waals surface area contributed by atoms with Crippen LogP contribution in [0, 0.1) is 6.92 Å². The van der Waals surface area contributed by atoms with Crippen LogP contribution in [0.5, 0.6) is 5.75 Å². The Balaban J connectivity index is 1.35. The number of rotatable bonds is 21. The zero-order valence-electron chi connectivity index (χ0n) is 28.7. The third-order valence-corrected chi connectivity index (χ3v) is 8.24. The number of halogens is 1. The van der Waals surface area contributed by atoms with Crippen molar-refractivity contribution in [2.24, 2.45) is 0 Å². The second kappa shape index (κ2) is 21.7. The molecule has 3 aromatic rings. The number of aromatic nitrogens is 1. The second-order valence-corrected chi connectivity index (χ2v) is 12.1. The van der Waals surface area contributed by atoms with Crippen LogP contribution in [-0.2, 0) is 25.5 Å². The number of hydrogen-bond acceptors (Lipinski definition) is 6. The Kier molecular flexibility index (Phi) is 17.3. The molecule has 0 bridgehead atoms. The van der Waals surface area contributed by atoms with E-state index in [4.69, 9.17) is 25.8 Å². The van der Waals surface area contributed by atoms with Gasteiger partial charge in [0.1, 0.15) is 5.75 Å². The molecule has 0 amide bonds. The van der Waals surface area contributed by atoms with Gasteiger partial charge in [0.05, 0.1) is 32.3 Å². The van der Waals surface area contributed by atoms with Crippen molar-refractivity contribution in [3.8, 4) is 5.75 Å². The fraction of sp³-hybridized carbons (Fsp3) is 0.425. The van der Waals surface area contributed by atoms with Gasteiger partial charge in [-0.1, -0.05) is 67.8 Å². The largest absolute Gasteiger partial charge is 0.497 e. The summed E-state index contributed by atoms with van der Waals surface area (Å²) in [6, 6.07) is 12.1. The number of ether oxygens (including phenoxy) is 3. The van der Waals surface area contributed by atoms with Gasteiger partial charge in [0, 0.05) is 34.5 Å². The van der Waals surface area contributed by atoms with Crippen LogP contribution in [0.2, 0.25) is 5.02 Å². The minimum Gasteiger partial charge on any atom is -0.497 e. The first-order valence-electron chi connectivity index (χ1n) is 17.1. The summed E-state index contributed by atoms with van der Waals surface area (Å²) < 4.78 is 17.8. The highest BCUT2D eigenvalue weighted by Gasteiger charge is 2.22. The van der Waals surface area contributed by atoms with Crippen molar-refractivity contribution in [2.45, 2.75) is 90.9 Å². The predicted octanol–water partition coefficient (Wildman–Crippen LogP) is 9.91. The normalized spacial score (nSPS) is 11.7. The number of methoxy groups -OCH3 is 1. The molecule has 7 nitrogen and oxygen atoms in total. The highest BCUT2D eigenvalue weighted by molar-refractivity contribution is 6.30. The van der Waals surface area contributed by atoms with Crippen LogP contribution in [-0.4, -0.2) is 42.7 Å². The van der Waals surface area contributed by atoms with Crippen LogP contribution >= 0.6 is 11.6 Å². The topological polar surface area (TPSA) is 83.8 Å². The van der Waals surface area contributed by atoms with E-state index in [0.717, 1.165) is 37.5 Å². The Morgan fingerprint density at radius 2 is 1.40 bits per heavy atom. The van der Waals surface area contributed by atoms with Crippen molar-refractivity contribution in [3.05, 3.63) is 101 Å². The molecule has 0 spiro atoms. The summed E-state index contributed by atoms with van der Waals surface area (Å²) in [6.45, 7) is 4.36. The van der Waals surface area contributed by atoms with E-state index >= 15 is 0 Å². The summed E-state index contributed by atoms with van der Waals surface area (Å²) >= 11 is 6.01. The maximum Gasteiger partial charge on any atom is 0.310 e. The number of allylic oxidation sites excluding steroid dienone is 6. The highest BCUT2D eigenvalue weighted by Crippen LogP contribution is 2.31. The third-order valence-electron chi connectivity index (χ3n) is 7.99. The third kappa shape index (κ3) is 12.8. The summed E-state index contributed by atoms with van der Waals surface area (Å²) in [7, 11) is 1.57. The van der Waals surface area contributed by atoms with Gasteiger partial charge >= 0.3 is 11.9 Å². The summed E-state index contributed by atoms with van der Waals surface area (Å²) in [6.07, 6.45) is 23.6. The molecular formula is C40H50ClNO6. The van der Waals surface area contributed by atoms with E-state index < -0.39 is 5.97 Å². The van der Waals surface area contributed by atoms with Crippen molar-refractivity contribution in [1.29, 1.82) is 0 Å². The van der Waals surface area contributed by atoms with Crippen molar-refractivity contribution in [3.63, 3.8) is 0 Å². The molecular weight excluding hydrogens is 626 g/mol. The van der Waals surface area contributed by atoms with Gasteiger partial charge in [-0.2, -0.15) is 0 Å². The molecule has 0 aliphatic carbocycles. The molecule has 0 saturated heterocycles. The quantitative estimate of drug-likeness (QED) is 0.0635. The first-order valence-corrected chi connectivity index (χ1v) is 17.5. The number of nitrogens with zero attached hydrogens (tertiary/aromatic N) is 1. The smallest absolute Gasteiger partial charge is 0.310 e. The van der Waals surface area contributed by atoms with E-state index in [-0.39, 0.29) is 31.5 Å². The molecule has 0 N–H and O–H groups in total. The van der Waals surface area contributed by atoms with Gasteiger partial charge in [0.15, 0.2) is 0 Å². The number of carbonyl (C=O) groups is 3. The first-order chi connectivity index (χ1) is 23.3. The molecule has 48 heavy (non-hydrogen) atoms. The zero-order valence-corrected chi connectivity index (χ0v) is 29.4. The maximum absolute atomic E-state index is 13.5. The van der Waals surface area contributed by atoms with E-state index in [1.807, 2.05) is 19.1 Å². The fourth-order valence-corrected chi connectivity index (χ4v) is 5.44. The average Bonchev–Trinajstić information content (AvgIpc) is 3.35. The summed E-state index contributed by atoms with van der Waals surface area (Å²) in [5.41, 5.74) is 2.48. The molecule has 0 unspecified atom stereocenters. The lowest BCUT2D eigenvalue weighted by Crippen LogP contribution is -2.15. The van der Waals surface area contributed by atoms with E-state index in [0.29, 0.717) is 46.0 Å². The molecule has 2 aromatic carbocycles. The van der Waals surface area contributed by atoms with Crippen molar-refractivity contribution in [1.82, 2.24) is 4.57 Å². The zero-order chi connectivity index (χ0) is 34.6. The highest BCUT2D eigenvalue weighted by atomic mass is 35.5. The number of hydrogen-bond donors (Lipinski definition) is 0. The molecule has 1 aromatic heterocycles. The average molecular weight is 676 g/mol. The summed E-state index contributed by atoms with van der Waals surface area (Å²) in [5.74, 6) is -0.273. The van der Waals surface area contributed by atoms with Gasteiger partial charge < -0.3 is 14.2 Å². The van der Waals surface area contributed by atoms with E-state index in [1.54, 1.807) is 42.0 Å². The van der Waals surface area contributed by atoms with Crippen LogP contribution in [0.1, 0.15) is 99.2 Å². The van der Waals surface area contributed by atoms with Crippen molar-refractivity contribution in [2.75, 3.05) is 20.3 Å². The van der Waals surface area contributed by atoms with Crippen LogP contribution in [0.4, 0.5) is 0 Å². The van der Waals surface area contributed by atoms with Gasteiger partial charge in [0.25, 0.3) is 5.91 Å². The van der Waals surface area contributed by atoms with Crippen molar-refractivity contribution >= 4 is 40.3 Å².